The number of aromatic nitrogens is 2. The van der Waals surface area contributed by atoms with E-state index in [4.69, 9.17) is 26.1 Å². The number of aryl methyl sites for hydroxylation is 1. The summed E-state index contributed by atoms with van der Waals surface area (Å²) >= 11 is 6.12. The molecule has 176 valence electrons. The quantitative estimate of drug-likeness (QED) is 0.288. The Morgan fingerprint density at radius 3 is 2.47 bits per heavy atom. The topological polar surface area (TPSA) is 65.4 Å². The van der Waals surface area contributed by atoms with Crippen molar-refractivity contribution in [2.75, 3.05) is 19.8 Å². The van der Waals surface area contributed by atoms with Gasteiger partial charge in [-0.05, 0) is 49.7 Å². The molecule has 0 aliphatic rings. The van der Waals surface area contributed by atoms with Gasteiger partial charge in [-0.1, -0.05) is 48.0 Å². The first kappa shape index (κ1) is 23.6. The fourth-order valence-corrected chi connectivity index (χ4v) is 4.07. The van der Waals surface area contributed by atoms with Crippen molar-refractivity contribution >= 4 is 28.5 Å². The lowest BCUT2D eigenvalue weighted by atomic mass is 10.2. The molecular formula is C27H28ClN3O3. The number of para-hydroxylation sites is 4. The second kappa shape index (κ2) is 11.6. The Morgan fingerprint density at radius 1 is 0.971 bits per heavy atom. The fourth-order valence-electron chi connectivity index (χ4n) is 3.85. The van der Waals surface area contributed by atoms with Gasteiger partial charge in [0.1, 0.15) is 12.4 Å². The van der Waals surface area contributed by atoms with E-state index in [9.17, 15) is 4.79 Å². The van der Waals surface area contributed by atoms with Crippen LogP contribution >= 0.6 is 11.6 Å². The van der Waals surface area contributed by atoms with Gasteiger partial charge in [-0.15, -0.1) is 0 Å². The number of rotatable bonds is 11. The van der Waals surface area contributed by atoms with Gasteiger partial charge in [-0.2, -0.15) is 0 Å². The lowest BCUT2D eigenvalue weighted by Gasteiger charge is -2.13. The molecule has 3 aromatic carbocycles. The van der Waals surface area contributed by atoms with E-state index in [0.29, 0.717) is 36.9 Å². The number of fused-ring (bicyclic) bond motifs is 1. The largest absolute Gasteiger partial charge is 0.490 e. The van der Waals surface area contributed by atoms with Crippen molar-refractivity contribution < 1.29 is 14.3 Å². The Morgan fingerprint density at radius 2 is 1.68 bits per heavy atom. The molecule has 0 atom stereocenters. The van der Waals surface area contributed by atoms with Gasteiger partial charge >= 0.3 is 0 Å². The second-order valence-electron chi connectivity index (χ2n) is 7.74. The van der Waals surface area contributed by atoms with E-state index in [0.717, 1.165) is 41.2 Å². The number of carbonyl (C=O) groups excluding carboxylic acids is 1. The summed E-state index contributed by atoms with van der Waals surface area (Å²) in [5, 5.41) is 3.40. The van der Waals surface area contributed by atoms with Crippen LogP contribution in [0.1, 0.15) is 29.5 Å². The monoisotopic (exact) mass is 477 g/mol. The first-order valence-electron chi connectivity index (χ1n) is 11.5. The SMILES string of the molecule is CCOc1ccccc1OCCn1c(CCCNC(=O)c2ccccc2Cl)nc2ccccc21. The van der Waals surface area contributed by atoms with E-state index in [1.165, 1.54) is 0 Å². The molecule has 7 heteroatoms. The lowest BCUT2D eigenvalue weighted by molar-refractivity contribution is 0.0953. The number of halogens is 1. The molecule has 0 bridgehead atoms. The Labute approximate surface area is 204 Å². The van der Waals surface area contributed by atoms with Gasteiger partial charge in [0.15, 0.2) is 11.5 Å². The van der Waals surface area contributed by atoms with Gasteiger partial charge in [-0.25, -0.2) is 4.98 Å². The third-order valence-corrected chi connectivity index (χ3v) is 5.77. The number of nitrogens with zero attached hydrogens (tertiary/aromatic N) is 2. The third kappa shape index (κ3) is 5.69. The van der Waals surface area contributed by atoms with Crippen molar-refractivity contribution in [3.63, 3.8) is 0 Å². The molecular weight excluding hydrogens is 450 g/mol. The average molecular weight is 478 g/mol. The second-order valence-corrected chi connectivity index (χ2v) is 8.14. The van der Waals surface area contributed by atoms with Gasteiger partial charge < -0.3 is 19.4 Å². The van der Waals surface area contributed by atoms with Crippen molar-refractivity contribution in [2.24, 2.45) is 0 Å². The van der Waals surface area contributed by atoms with Crippen LogP contribution < -0.4 is 14.8 Å². The molecule has 0 fully saturated rings. The zero-order valence-corrected chi connectivity index (χ0v) is 19.9. The van der Waals surface area contributed by atoms with Crippen LogP contribution in [0.3, 0.4) is 0 Å². The zero-order chi connectivity index (χ0) is 23.8. The molecule has 4 aromatic rings. The molecule has 0 unspecified atom stereocenters. The smallest absolute Gasteiger partial charge is 0.252 e. The van der Waals surface area contributed by atoms with E-state index < -0.39 is 0 Å². The molecule has 0 radical (unpaired) electrons. The van der Waals surface area contributed by atoms with Crippen LogP contribution in [-0.4, -0.2) is 35.2 Å². The molecule has 0 aliphatic heterocycles. The molecule has 1 aromatic heterocycles. The molecule has 1 heterocycles. The Balaban J connectivity index is 1.38. The zero-order valence-electron chi connectivity index (χ0n) is 19.2. The molecule has 0 spiro atoms. The molecule has 0 saturated carbocycles. The van der Waals surface area contributed by atoms with Crippen molar-refractivity contribution in [1.29, 1.82) is 0 Å². The number of hydrogen-bond acceptors (Lipinski definition) is 4. The molecule has 34 heavy (non-hydrogen) atoms. The highest BCUT2D eigenvalue weighted by Crippen LogP contribution is 2.26. The summed E-state index contributed by atoms with van der Waals surface area (Å²) in [6.07, 6.45) is 1.49. The fraction of sp³-hybridized carbons (Fsp3) is 0.259. The van der Waals surface area contributed by atoms with Crippen LogP contribution in [-0.2, 0) is 13.0 Å². The summed E-state index contributed by atoms with van der Waals surface area (Å²) in [5.74, 6) is 2.28. The van der Waals surface area contributed by atoms with Crippen LogP contribution in [0.5, 0.6) is 11.5 Å². The van der Waals surface area contributed by atoms with E-state index in [1.807, 2.05) is 55.5 Å². The highest BCUT2D eigenvalue weighted by molar-refractivity contribution is 6.33. The van der Waals surface area contributed by atoms with Gasteiger partial charge in [0.05, 0.1) is 34.8 Å². The first-order valence-corrected chi connectivity index (χ1v) is 11.9. The molecule has 0 saturated heterocycles. The predicted octanol–water partition coefficient (Wildman–Crippen LogP) is 5.53. The maximum atomic E-state index is 12.4. The van der Waals surface area contributed by atoms with Gasteiger partial charge in [0.2, 0.25) is 0 Å². The summed E-state index contributed by atoms with van der Waals surface area (Å²) in [6.45, 7) is 4.22. The van der Waals surface area contributed by atoms with Crippen molar-refractivity contribution in [2.45, 2.75) is 26.3 Å². The van der Waals surface area contributed by atoms with E-state index in [-0.39, 0.29) is 5.91 Å². The van der Waals surface area contributed by atoms with Crippen LogP contribution in [0.25, 0.3) is 11.0 Å². The average Bonchev–Trinajstić information content (AvgIpc) is 3.20. The molecule has 0 aliphatic carbocycles. The minimum absolute atomic E-state index is 0.166. The normalized spacial score (nSPS) is 10.9. The molecule has 6 nitrogen and oxygen atoms in total. The molecule has 1 amide bonds. The summed E-state index contributed by atoms with van der Waals surface area (Å²) in [6, 6.07) is 22.8. The molecule has 1 N–H and O–H groups in total. The Kier molecular flexibility index (Phi) is 8.04. The lowest BCUT2D eigenvalue weighted by Crippen LogP contribution is -2.25. The van der Waals surface area contributed by atoms with E-state index >= 15 is 0 Å². The maximum absolute atomic E-state index is 12.4. The van der Waals surface area contributed by atoms with Crippen LogP contribution in [0, 0.1) is 0 Å². The van der Waals surface area contributed by atoms with Gasteiger partial charge in [0.25, 0.3) is 5.91 Å². The summed E-state index contributed by atoms with van der Waals surface area (Å²) in [5.41, 5.74) is 2.51. The summed E-state index contributed by atoms with van der Waals surface area (Å²) in [4.78, 5) is 17.2. The minimum atomic E-state index is -0.166. The first-order chi connectivity index (χ1) is 16.7. The summed E-state index contributed by atoms with van der Waals surface area (Å²) < 4.78 is 13.9. The number of benzene rings is 3. The van der Waals surface area contributed by atoms with E-state index in [2.05, 4.69) is 16.0 Å². The number of carbonyl (C=O) groups is 1. The number of hydrogen-bond donors (Lipinski definition) is 1. The number of imidazole rings is 1. The van der Waals surface area contributed by atoms with Crippen molar-refractivity contribution in [3.8, 4) is 11.5 Å². The highest BCUT2D eigenvalue weighted by Gasteiger charge is 2.12. The number of nitrogens with one attached hydrogen (secondary N) is 1. The summed E-state index contributed by atoms with van der Waals surface area (Å²) in [7, 11) is 0. The minimum Gasteiger partial charge on any atom is -0.490 e. The number of ether oxygens (including phenoxy) is 2. The standard InChI is InChI=1S/C27H28ClN3O3/c1-2-33-24-14-7-8-15-25(24)34-19-18-31-23-13-6-5-12-22(23)30-26(31)16-9-17-29-27(32)20-10-3-4-11-21(20)28/h3-8,10-15H,2,9,16-19H2,1H3,(H,29,32). The van der Waals surface area contributed by atoms with Crippen LogP contribution in [0.15, 0.2) is 72.8 Å². The molecule has 4 rings (SSSR count). The number of amides is 1. The maximum Gasteiger partial charge on any atom is 0.252 e. The van der Waals surface area contributed by atoms with Crippen LogP contribution in [0.2, 0.25) is 5.02 Å². The predicted molar refractivity (Wildman–Crippen MR) is 135 cm³/mol. The highest BCUT2D eigenvalue weighted by atomic mass is 35.5. The Bertz CT molecular complexity index is 1250. The van der Waals surface area contributed by atoms with Crippen LogP contribution in [0.4, 0.5) is 0 Å². The third-order valence-electron chi connectivity index (χ3n) is 5.44. The van der Waals surface area contributed by atoms with Crippen molar-refractivity contribution in [1.82, 2.24) is 14.9 Å². The van der Waals surface area contributed by atoms with Crippen molar-refractivity contribution in [3.05, 3.63) is 89.2 Å². The van der Waals surface area contributed by atoms with Gasteiger partial charge in [0, 0.05) is 13.0 Å². The van der Waals surface area contributed by atoms with E-state index in [1.54, 1.807) is 18.2 Å². The Hall–Kier alpha value is -3.51. The van der Waals surface area contributed by atoms with Gasteiger partial charge in [-0.3, -0.25) is 4.79 Å².